The van der Waals surface area contributed by atoms with Crippen molar-refractivity contribution in [3.63, 3.8) is 0 Å². The Morgan fingerprint density at radius 3 is 1.69 bits per heavy atom. The quantitative estimate of drug-likeness (QED) is 0.634. The lowest BCUT2D eigenvalue weighted by atomic mass is 9.87. The van der Waals surface area contributed by atoms with E-state index in [0.717, 1.165) is 0 Å². The first-order valence-corrected chi connectivity index (χ1v) is 3.68. The highest BCUT2D eigenvalue weighted by molar-refractivity contribution is 6.39. The van der Waals surface area contributed by atoms with Crippen LogP contribution in [0.4, 0.5) is 13.2 Å². The van der Waals surface area contributed by atoms with E-state index >= 15 is 0 Å². The summed E-state index contributed by atoms with van der Waals surface area (Å²) < 4.78 is 35.0. The zero-order chi connectivity index (χ0) is 10.9. The van der Waals surface area contributed by atoms with Crippen LogP contribution in [0.2, 0.25) is 0 Å². The molecule has 0 unspecified atom stereocenters. The monoisotopic (exact) mass is 196 g/mol. The van der Waals surface area contributed by atoms with E-state index in [1.54, 1.807) is 0 Å². The van der Waals surface area contributed by atoms with Crippen molar-refractivity contribution < 1.29 is 22.8 Å². The van der Waals surface area contributed by atoms with Gasteiger partial charge in [0.2, 0.25) is 11.6 Å². The number of rotatable bonds is 2. The number of Topliss-reactive ketones (excluding diaryl/α,β-unsaturated/α-hetero) is 2. The SMILES string of the molecule is CC(C)(C)C(=O)C(=O)CC(F)(F)F. The predicted octanol–water partition coefficient (Wildman–Crippen LogP) is 2.12. The summed E-state index contributed by atoms with van der Waals surface area (Å²) in [6, 6.07) is 0. The number of ketones is 2. The third-order valence-corrected chi connectivity index (χ3v) is 1.30. The van der Waals surface area contributed by atoms with E-state index in [1.807, 2.05) is 0 Å². The molecule has 0 aliphatic rings. The van der Waals surface area contributed by atoms with Crippen molar-refractivity contribution in [3.8, 4) is 0 Å². The van der Waals surface area contributed by atoms with Crippen molar-refractivity contribution in [2.45, 2.75) is 33.4 Å². The van der Waals surface area contributed by atoms with Gasteiger partial charge in [-0.3, -0.25) is 9.59 Å². The van der Waals surface area contributed by atoms with Gasteiger partial charge in [0.15, 0.2) is 0 Å². The van der Waals surface area contributed by atoms with Crippen molar-refractivity contribution in [2.75, 3.05) is 0 Å². The van der Waals surface area contributed by atoms with E-state index in [2.05, 4.69) is 0 Å². The molecule has 0 heterocycles. The molecule has 0 atom stereocenters. The van der Waals surface area contributed by atoms with E-state index in [4.69, 9.17) is 0 Å². The lowest BCUT2D eigenvalue weighted by molar-refractivity contribution is -0.160. The Bertz CT molecular complexity index is 223. The fourth-order valence-corrected chi connectivity index (χ4v) is 0.681. The molecule has 0 aromatic carbocycles. The first-order valence-electron chi connectivity index (χ1n) is 3.68. The maximum atomic E-state index is 11.7. The number of hydrogen-bond donors (Lipinski definition) is 0. The van der Waals surface area contributed by atoms with Gasteiger partial charge in [-0.2, -0.15) is 13.2 Å². The number of hydrogen-bond acceptors (Lipinski definition) is 2. The van der Waals surface area contributed by atoms with Gasteiger partial charge in [0.05, 0.1) is 0 Å². The van der Waals surface area contributed by atoms with E-state index in [9.17, 15) is 22.8 Å². The second kappa shape index (κ2) is 3.47. The number of alkyl halides is 3. The van der Waals surface area contributed by atoms with Crippen molar-refractivity contribution >= 4 is 11.6 Å². The molecule has 13 heavy (non-hydrogen) atoms. The van der Waals surface area contributed by atoms with Crippen molar-refractivity contribution in [2.24, 2.45) is 5.41 Å². The Kier molecular flexibility index (Phi) is 3.24. The molecule has 0 saturated heterocycles. The average molecular weight is 196 g/mol. The molecule has 0 amide bonds. The van der Waals surface area contributed by atoms with Crippen LogP contribution in [0.25, 0.3) is 0 Å². The summed E-state index contributed by atoms with van der Waals surface area (Å²) in [4.78, 5) is 21.7. The third kappa shape index (κ3) is 4.65. The highest BCUT2D eigenvalue weighted by Crippen LogP contribution is 2.23. The zero-order valence-corrected chi connectivity index (χ0v) is 7.66. The maximum Gasteiger partial charge on any atom is 0.396 e. The Labute approximate surface area is 74.1 Å². The highest BCUT2D eigenvalue weighted by Gasteiger charge is 2.37. The summed E-state index contributed by atoms with van der Waals surface area (Å²) in [6.07, 6.45) is -6.26. The molecule has 0 spiro atoms. The molecular formula is C8H11F3O2. The topological polar surface area (TPSA) is 34.1 Å². The molecule has 0 N–H and O–H groups in total. The highest BCUT2D eigenvalue weighted by atomic mass is 19.4. The van der Waals surface area contributed by atoms with Crippen LogP contribution in [0, 0.1) is 5.41 Å². The van der Waals surface area contributed by atoms with Crippen molar-refractivity contribution in [1.29, 1.82) is 0 Å². The smallest absolute Gasteiger partial charge is 0.291 e. The molecule has 0 saturated carbocycles. The van der Waals surface area contributed by atoms with Crippen LogP contribution in [0.1, 0.15) is 27.2 Å². The molecule has 0 radical (unpaired) electrons. The van der Waals surface area contributed by atoms with Gasteiger partial charge in [-0.15, -0.1) is 0 Å². The second-order valence-electron chi connectivity index (χ2n) is 3.79. The molecule has 76 valence electrons. The maximum absolute atomic E-state index is 11.7. The fraction of sp³-hybridized carbons (Fsp3) is 0.750. The molecule has 0 fully saturated rings. The van der Waals surface area contributed by atoms with E-state index < -0.39 is 29.6 Å². The first-order chi connectivity index (χ1) is 5.54. The Balaban J connectivity index is 4.40. The number of carbonyl (C=O) groups is 2. The van der Waals surface area contributed by atoms with Crippen LogP contribution in [0.15, 0.2) is 0 Å². The average Bonchev–Trinajstić information content (AvgIpc) is 1.79. The van der Waals surface area contributed by atoms with Gasteiger partial charge >= 0.3 is 6.18 Å². The Morgan fingerprint density at radius 1 is 1.08 bits per heavy atom. The number of carbonyl (C=O) groups excluding carboxylic acids is 2. The largest absolute Gasteiger partial charge is 0.396 e. The van der Waals surface area contributed by atoms with Gasteiger partial charge in [-0.25, -0.2) is 0 Å². The minimum atomic E-state index is -4.60. The second-order valence-corrected chi connectivity index (χ2v) is 3.79. The summed E-state index contributed by atoms with van der Waals surface area (Å²) in [5.41, 5.74) is -1.04. The Hall–Kier alpha value is -0.870. The summed E-state index contributed by atoms with van der Waals surface area (Å²) >= 11 is 0. The van der Waals surface area contributed by atoms with Crippen LogP contribution >= 0.6 is 0 Å². The minimum Gasteiger partial charge on any atom is -0.291 e. The van der Waals surface area contributed by atoms with Gasteiger partial charge in [0.25, 0.3) is 0 Å². The van der Waals surface area contributed by atoms with E-state index in [-0.39, 0.29) is 0 Å². The fourth-order valence-electron chi connectivity index (χ4n) is 0.681. The van der Waals surface area contributed by atoms with Crippen LogP contribution in [0.5, 0.6) is 0 Å². The summed E-state index contributed by atoms with van der Waals surface area (Å²) in [5.74, 6) is -2.36. The molecule has 0 aliphatic heterocycles. The van der Waals surface area contributed by atoms with Crippen LogP contribution < -0.4 is 0 Å². The molecule has 2 nitrogen and oxygen atoms in total. The summed E-state index contributed by atoms with van der Waals surface area (Å²) in [7, 11) is 0. The lowest BCUT2D eigenvalue weighted by Crippen LogP contribution is -2.31. The summed E-state index contributed by atoms with van der Waals surface area (Å²) in [6.45, 7) is 4.22. The van der Waals surface area contributed by atoms with Crippen LogP contribution in [-0.2, 0) is 9.59 Å². The first kappa shape index (κ1) is 12.1. The van der Waals surface area contributed by atoms with Gasteiger partial charge in [0.1, 0.15) is 6.42 Å². The molecule has 0 aromatic rings. The molecule has 0 bridgehead atoms. The predicted molar refractivity (Wildman–Crippen MR) is 40.1 cm³/mol. The normalized spacial score (nSPS) is 12.8. The van der Waals surface area contributed by atoms with Gasteiger partial charge < -0.3 is 0 Å². The van der Waals surface area contributed by atoms with Gasteiger partial charge in [0, 0.05) is 5.41 Å². The van der Waals surface area contributed by atoms with E-state index in [0.29, 0.717) is 0 Å². The molecule has 0 rings (SSSR count). The minimum absolute atomic E-state index is 0.982. The van der Waals surface area contributed by atoms with Gasteiger partial charge in [-0.1, -0.05) is 20.8 Å². The standard InChI is InChI=1S/C8H11F3O2/c1-7(2,3)6(13)5(12)4-8(9,10)11/h4H2,1-3H3. The molecule has 0 aliphatic carbocycles. The molecule has 0 aromatic heterocycles. The third-order valence-electron chi connectivity index (χ3n) is 1.30. The summed E-state index contributed by atoms with van der Waals surface area (Å²) in [5, 5.41) is 0. The molecule has 5 heteroatoms. The Morgan fingerprint density at radius 2 is 1.46 bits per heavy atom. The van der Waals surface area contributed by atoms with Crippen molar-refractivity contribution in [1.82, 2.24) is 0 Å². The van der Waals surface area contributed by atoms with Crippen molar-refractivity contribution in [3.05, 3.63) is 0 Å². The van der Waals surface area contributed by atoms with E-state index in [1.165, 1.54) is 20.8 Å². The zero-order valence-electron chi connectivity index (χ0n) is 7.66. The van der Waals surface area contributed by atoms with Gasteiger partial charge in [-0.05, 0) is 0 Å². The van der Waals surface area contributed by atoms with Crippen LogP contribution in [0.3, 0.4) is 0 Å². The number of halogens is 3. The lowest BCUT2D eigenvalue weighted by Gasteiger charge is -2.15. The molecular weight excluding hydrogens is 185 g/mol. The van der Waals surface area contributed by atoms with Crippen LogP contribution in [-0.4, -0.2) is 17.7 Å².